The van der Waals surface area contributed by atoms with Gasteiger partial charge >= 0.3 is 0 Å². The van der Waals surface area contributed by atoms with Crippen molar-refractivity contribution in [2.45, 2.75) is 29.7 Å². The molecule has 0 saturated heterocycles. The summed E-state index contributed by atoms with van der Waals surface area (Å²) in [6.07, 6.45) is 0.0326. The van der Waals surface area contributed by atoms with Crippen LogP contribution >= 0.6 is 11.8 Å². The second-order valence-corrected chi connectivity index (χ2v) is 12.6. The first-order valence-electron chi connectivity index (χ1n) is 13.6. The molecule has 11 heteroatoms. The number of rotatable bonds is 7. The van der Waals surface area contributed by atoms with Crippen molar-refractivity contribution in [2.24, 2.45) is 17.6 Å². The number of nitrogens with two attached hydrogens (primary N) is 1. The Morgan fingerprint density at radius 3 is 2.31 bits per heavy atom. The van der Waals surface area contributed by atoms with Crippen LogP contribution in [0.4, 0.5) is 5.69 Å². The molecule has 1 saturated carbocycles. The standard InChI is InChI=1S/C31H35N3O7S/c1-33(2)19-10-11-20(35)23-21(19)17(14-42-13-15-8-6-5-7-9-15)16-12-18-25(34(3)4)27(37)24(30(32)40)29(39)31(18,41)28(38)22(16)26(23)36/h5-11,16-18,25,35-36,39,41H,12-14H2,1-4H3,(H2,32,40)/t16?,17?,18-,25-,31-/m0/s1. The molecule has 0 spiro atoms. The number of benzene rings is 2. The van der Waals surface area contributed by atoms with E-state index in [9.17, 15) is 34.8 Å². The summed E-state index contributed by atoms with van der Waals surface area (Å²) in [4.78, 5) is 43.4. The van der Waals surface area contributed by atoms with Crippen LogP contribution in [-0.4, -0.2) is 88.4 Å². The summed E-state index contributed by atoms with van der Waals surface area (Å²) in [5.41, 5.74) is 4.36. The van der Waals surface area contributed by atoms with E-state index in [2.05, 4.69) is 0 Å². The third kappa shape index (κ3) is 4.38. The highest BCUT2D eigenvalue weighted by Gasteiger charge is 2.65. The molecule has 1 fully saturated rings. The lowest BCUT2D eigenvalue weighted by molar-refractivity contribution is -0.154. The summed E-state index contributed by atoms with van der Waals surface area (Å²) < 4.78 is 0. The van der Waals surface area contributed by atoms with E-state index in [4.69, 9.17) is 5.73 Å². The molecule has 3 aliphatic rings. The minimum absolute atomic E-state index is 0.0326. The second kappa shape index (κ2) is 10.8. The molecule has 0 aliphatic heterocycles. The number of aliphatic hydroxyl groups is 3. The number of nitrogens with zero attached hydrogens (tertiary/aromatic N) is 2. The maximum Gasteiger partial charge on any atom is 0.255 e. The van der Waals surface area contributed by atoms with Crippen LogP contribution in [0, 0.1) is 11.8 Å². The highest BCUT2D eigenvalue weighted by atomic mass is 32.2. The van der Waals surface area contributed by atoms with Gasteiger partial charge in [-0.25, -0.2) is 0 Å². The van der Waals surface area contributed by atoms with Gasteiger partial charge in [0.1, 0.15) is 22.8 Å². The van der Waals surface area contributed by atoms with Gasteiger partial charge in [-0.1, -0.05) is 30.3 Å². The number of fused-ring (bicyclic) bond motifs is 3. The molecule has 0 radical (unpaired) electrons. The van der Waals surface area contributed by atoms with Gasteiger partial charge < -0.3 is 31.1 Å². The minimum atomic E-state index is -2.68. The fourth-order valence-corrected chi connectivity index (χ4v) is 8.09. The van der Waals surface area contributed by atoms with Gasteiger partial charge in [-0.05, 0) is 49.7 Å². The van der Waals surface area contributed by atoms with Crippen molar-refractivity contribution >= 4 is 40.7 Å². The molecule has 6 N–H and O–H groups in total. The summed E-state index contributed by atoms with van der Waals surface area (Å²) in [7, 11) is 6.86. The Morgan fingerprint density at radius 1 is 1.05 bits per heavy atom. The van der Waals surface area contributed by atoms with Crippen molar-refractivity contribution in [3.05, 3.63) is 76.1 Å². The van der Waals surface area contributed by atoms with Gasteiger partial charge in [0.2, 0.25) is 5.78 Å². The minimum Gasteiger partial charge on any atom is -0.508 e. The van der Waals surface area contributed by atoms with E-state index in [0.717, 1.165) is 11.3 Å². The number of aliphatic hydroxyl groups excluding tert-OH is 2. The van der Waals surface area contributed by atoms with E-state index in [1.54, 1.807) is 31.9 Å². The van der Waals surface area contributed by atoms with Crippen molar-refractivity contribution in [3.8, 4) is 5.75 Å². The molecular weight excluding hydrogens is 558 g/mol. The maximum atomic E-state index is 14.3. The summed E-state index contributed by atoms with van der Waals surface area (Å²) in [6, 6.07) is 11.9. The highest BCUT2D eigenvalue weighted by molar-refractivity contribution is 7.98. The number of Topliss-reactive ketones (excluding diaryl/α,β-unsaturated/α-hetero) is 2. The first-order chi connectivity index (χ1) is 19.8. The smallest absolute Gasteiger partial charge is 0.255 e. The van der Waals surface area contributed by atoms with E-state index in [0.29, 0.717) is 17.1 Å². The molecule has 2 aromatic rings. The van der Waals surface area contributed by atoms with Crippen LogP contribution in [0.1, 0.15) is 29.0 Å². The number of amides is 1. The van der Waals surface area contributed by atoms with Gasteiger partial charge in [0.15, 0.2) is 11.4 Å². The Hall–Kier alpha value is -3.80. The molecule has 42 heavy (non-hydrogen) atoms. The number of primary amides is 1. The predicted octanol–water partition coefficient (Wildman–Crippen LogP) is 2.50. The van der Waals surface area contributed by atoms with Crippen LogP contribution in [0.5, 0.6) is 5.75 Å². The highest BCUT2D eigenvalue weighted by Crippen LogP contribution is 2.58. The Kier molecular flexibility index (Phi) is 7.63. The van der Waals surface area contributed by atoms with Gasteiger partial charge in [-0.3, -0.25) is 19.3 Å². The van der Waals surface area contributed by atoms with Gasteiger partial charge in [0.05, 0.1) is 11.6 Å². The molecule has 2 unspecified atom stereocenters. The van der Waals surface area contributed by atoms with Crippen molar-refractivity contribution in [1.82, 2.24) is 4.90 Å². The largest absolute Gasteiger partial charge is 0.508 e. The molecule has 0 aromatic heterocycles. The van der Waals surface area contributed by atoms with E-state index >= 15 is 0 Å². The van der Waals surface area contributed by atoms with Crippen LogP contribution < -0.4 is 10.6 Å². The van der Waals surface area contributed by atoms with Crippen LogP contribution in [0.25, 0.3) is 5.76 Å². The number of carbonyl (C=O) groups excluding carboxylic acids is 3. The molecule has 222 valence electrons. The molecule has 5 atom stereocenters. The fraction of sp³-hybridized carbons (Fsp3) is 0.387. The van der Waals surface area contributed by atoms with Crippen molar-refractivity contribution in [2.75, 3.05) is 38.8 Å². The fourth-order valence-electron chi connectivity index (χ4n) is 6.89. The molecule has 0 bridgehead atoms. The number of aromatic hydroxyl groups is 1. The van der Waals surface area contributed by atoms with Gasteiger partial charge in [-0.15, -0.1) is 0 Å². The maximum absolute atomic E-state index is 14.3. The van der Waals surface area contributed by atoms with Crippen LogP contribution in [0.15, 0.2) is 59.4 Å². The first-order valence-corrected chi connectivity index (χ1v) is 14.8. The Balaban J connectivity index is 1.71. The van der Waals surface area contributed by atoms with Crippen molar-refractivity contribution < 1.29 is 34.8 Å². The first kappa shape index (κ1) is 29.7. The number of hydrogen-bond acceptors (Lipinski definition) is 10. The number of ketones is 2. The predicted molar refractivity (Wildman–Crippen MR) is 160 cm³/mol. The van der Waals surface area contributed by atoms with Crippen molar-refractivity contribution in [1.29, 1.82) is 0 Å². The van der Waals surface area contributed by atoms with E-state index < -0.39 is 64.0 Å². The Morgan fingerprint density at radius 2 is 1.71 bits per heavy atom. The molecule has 1 amide bonds. The van der Waals surface area contributed by atoms with Gasteiger partial charge in [0, 0.05) is 48.7 Å². The van der Waals surface area contributed by atoms with Crippen LogP contribution in [0.2, 0.25) is 0 Å². The summed E-state index contributed by atoms with van der Waals surface area (Å²) in [5.74, 6) is -5.95. The zero-order valence-electron chi connectivity index (χ0n) is 23.9. The lowest BCUT2D eigenvalue weighted by atomic mass is 9.55. The third-order valence-corrected chi connectivity index (χ3v) is 9.87. The third-order valence-electron chi connectivity index (χ3n) is 8.74. The van der Waals surface area contributed by atoms with E-state index in [1.165, 1.54) is 11.0 Å². The van der Waals surface area contributed by atoms with Crippen LogP contribution in [0.3, 0.4) is 0 Å². The Labute approximate surface area is 248 Å². The molecule has 3 aliphatic carbocycles. The lowest BCUT2D eigenvalue weighted by Crippen LogP contribution is -2.66. The topological polar surface area (TPSA) is 165 Å². The monoisotopic (exact) mass is 593 g/mol. The molecule has 10 nitrogen and oxygen atoms in total. The average Bonchev–Trinajstić information content (AvgIpc) is 2.92. The second-order valence-electron chi connectivity index (χ2n) is 11.6. The number of anilines is 1. The number of likely N-dealkylation sites (N-methyl/N-ethyl adjacent to an activating group) is 1. The summed E-state index contributed by atoms with van der Waals surface area (Å²) in [6.45, 7) is 0. The number of hydrogen-bond donors (Lipinski definition) is 5. The SMILES string of the molecule is CN(C)c1ccc(O)c2c1C(CSCc1ccccc1)C1C[C@H]3[C@H](N(C)C)C(=O)C(C(N)=O)=C(O)[C@@]3(O)C(=O)C1=C2O. The number of phenolic OH excluding ortho intramolecular Hbond substituents is 1. The average molecular weight is 594 g/mol. The number of thioether (sulfide) groups is 1. The van der Waals surface area contributed by atoms with Gasteiger partial charge in [-0.2, -0.15) is 11.8 Å². The molecule has 2 aromatic carbocycles. The zero-order valence-corrected chi connectivity index (χ0v) is 24.7. The summed E-state index contributed by atoms with van der Waals surface area (Å²) in [5, 5.41) is 45.7. The molecule has 5 rings (SSSR count). The number of carbonyl (C=O) groups is 3. The summed E-state index contributed by atoms with van der Waals surface area (Å²) >= 11 is 1.63. The zero-order chi connectivity index (χ0) is 30.7. The van der Waals surface area contributed by atoms with E-state index in [1.807, 2.05) is 49.3 Å². The van der Waals surface area contributed by atoms with Gasteiger partial charge in [0.25, 0.3) is 5.91 Å². The molecular formula is C31H35N3O7S. The quantitative estimate of drug-likeness (QED) is 0.301. The van der Waals surface area contributed by atoms with Crippen molar-refractivity contribution in [3.63, 3.8) is 0 Å². The van der Waals surface area contributed by atoms with E-state index in [-0.39, 0.29) is 23.3 Å². The lowest BCUT2D eigenvalue weighted by Gasteiger charge is -2.52. The number of phenols is 1. The van der Waals surface area contributed by atoms with Crippen LogP contribution in [-0.2, 0) is 20.1 Å². The Bertz CT molecular complexity index is 1530. The molecule has 0 heterocycles. The normalized spacial score (nSPS) is 27.1.